The number of para-hydroxylation sites is 2. The molecule has 78 valence electrons. The van der Waals surface area contributed by atoms with Gasteiger partial charge in [-0.05, 0) is 12.1 Å². The van der Waals surface area contributed by atoms with Gasteiger partial charge < -0.3 is 0 Å². The predicted octanol–water partition coefficient (Wildman–Crippen LogP) is 2.03. The molecule has 0 amide bonds. The van der Waals surface area contributed by atoms with Crippen LogP contribution in [0.5, 0.6) is 0 Å². The zero-order valence-corrected chi connectivity index (χ0v) is 8.75. The van der Waals surface area contributed by atoms with Crippen molar-refractivity contribution in [3.63, 3.8) is 0 Å². The van der Waals surface area contributed by atoms with E-state index < -0.39 is 0 Å². The summed E-state index contributed by atoms with van der Waals surface area (Å²) in [6.45, 7) is 0. The van der Waals surface area contributed by atoms with Gasteiger partial charge in [-0.15, -0.1) is 0 Å². The van der Waals surface area contributed by atoms with Gasteiger partial charge in [-0.2, -0.15) is 5.10 Å². The molecule has 0 atom stereocenters. The van der Waals surface area contributed by atoms with Crippen LogP contribution in [0.25, 0.3) is 22.3 Å². The van der Waals surface area contributed by atoms with Crippen LogP contribution in [0.1, 0.15) is 1.37 Å². The minimum Gasteiger partial charge on any atom is -0.275 e. The van der Waals surface area contributed by atoms with Crippen molar-refractivity contribution in [3.8, 4) is 11.3 Å². The summed E-state index contributed by atoms with van der Waals surface area (Å²) in [5.41, 5.74) is 3.24. The number of hydrogen-bond acceptors (Lipinski definition) is 3. The Labute approximate surface area is 94.0 Å². The maximum atomic E-state index is 7.57. The highest BCUT2D eigenvalue weighted by atomic mass is 15.2. The van der Waals surface area contributed by atoms with Crippen LogP contribution < -0.4 is 0 Å². The third-order valence-electron chi connectivity index (χ3n) is 2.39. The molecular formula is C12H10N4. The van der Waals surface area contributed by atoms with E-state index in [0.29, 0.717) is 6.04 Å². The van der Waals surface area contributed by atoms with Crippen LogP contribution >= 0.6 is 0 Å². The highest BCUT2D eigenvalue weighted by molar-refractivity contribution is 5.76. The van der Waals surface area contributed by atoms with Crippen molar-refractivity contribution in [1.82, 2.24) is 19.7 Å². The molecule has 0 aliphatic heterocycles. The Balaban J connectivity index is 2.18. The van der Waals surface area contributed by atoms with Crippen LogP contribution in [-0.4, -0.2) is 19.7 Å². The van der Waals surface area contributed by atoms with Gasteiger partial charge in [0, 0.05) is 18.8 Å². The van der Waals surface area contributed by atoms with Gasteiger partial charge in [0.1, 0.15) is 0 Å². The lowest BCUT2D eigenvalue weighted by molar-refractivity contribution is 0.768. The standard InChI is InChI=1S/C12H10N4/c1-16-8-9(6-14-16)12-7-13-10-4-2-3-5-11(10)15-12/h2-8H,1H3/i3D. The van der Waals surface area contributed by atoms with Gasteiger partial charge in [-0.1, -0.05) is 12.1 Å². The minimum atomic E-state index is 0.440. The van der Waals surface area contributed by atoms with Crippen LogP contribution in [0, 0.1) is 0 Å². The van der Waals surface area contributed by atoms with E-state index in [1.807, 2.05) is 13.2 Å². The Morgan fingerprint density at radius 2 is 2.19 bits per heavy atom. The largest absolute Gasteiger partial charge is 0.275 e. The molecule has 4 heteroatoms. The SMILES string of the molecule is [2H]c1ccc2ncc(-c3cnn(C)c3)nc2c1. The van der Waals surface area contributed by atoms with E-state index in [1.54, 1.807) is 35.3 Å². The van der Waals surface area contributed by atoms with E-state index in [0.717, 1.165) is 22.3 Å². The number of nitrogens with zero attached hydrogens (tertiary/aromatic N) is 4. The number of benzene rings is 1. The van der Waals surface area contributed by atoms with Gasteiger partial charge in [-0.3, -0.25) is 9.67 Å². The highest BCUT2D eigenvalue weighted by Gasteiger charge is 2.03. The quantitative estimate of drug-likeness (QED) is 0.618. The Morgan fingerprint density at radius 3 is 3.00 bits per heavy atom. The molecule has 0 saturated carbocycles. The molecule has 3 aromatic rings. The first-order valence-electron chi connectivity index (χ1n) is 5.45. The summed E-state index contributed by atoms with van der Waals surface area (Å²) in [5.74, 6) is 0. The summed E-state index contributed by atoms with van der Waals surface area (Å²) < 4.78 is 9.30. The second-order valence-corrected chi connectivity index (χ2v) is 3.57. The highest BCUT2D eigenvalue weighted by Crippen LogP contribution is 2.17. The molecule has 4 nitrogen and oxygen atoms in total. The molecule has 0 fully saturated rings. The molecule has 2 heterocycles. The van der Waals surface area contributed by atoms with Crippen molar-refractivity contribution in [2.45, 2.75) is 0 Å². The van der Waals surface area contributed by atoms with E-state index >= 15 is 0 Å². The van der Waals surface area contributed by atoms with Crippen LogP contribution in [0.2, 0.25) is 0 Å². The molecule has 1 aromatic carbocycles. The number of rotatable bonds is 1. The van der Waals surface area contributed by atoms with Gasteiger partial charge in [0.2, 0.25) is 0 Å². The molecule has 0 N–H and O–H groups in total. The second kappa shape index (κ2) is 3.41. The van der Waals surface area contributed by atoms with Crippen molar-refractivity contribution in [3.05, 3.63) is 42.8 Å². The van der Waals surface area contributed by atoms with Crippen LogP contribution in [0.15, 0.2) is 42.8 Å². The fourth-order valence-corrected chi connectivity index (χ4v) is 1.59. The number of hydrogen-bond donors (Lipinski definition) is 0. The van der Waals surface area contributed by atoms with E-state index in [4.69, 9.17) is 1.37 Å². The summed E-state index contributed by atoms with van der Waals surface area (Å²) in [5, 5.41) is 4.10. The first kappa shape index (κ1) is 7.98. The Bertz CT molecular complexity index is 690. The lowest BCUT2D eigenvalue weighted by atomic mass is 10.2. The molecule has 3 rings (SSSR count). The second-order valence-electron chi connectivity index (χ2n) is 3.57. The Morgan fingerprint density at radius 1 is 1.25 bits per heavy atom. The topological polar surface area (TPSA) is 43.6 Å². The van der Waals surface area contributed by atoms with Crippen molar-refractivity contribution in [2.24, 2.45) is 7.05 Å². The van der Waals surface area contributed by atoms with Gasteiger partial charge >= 0.3 is 0 Å². The van der Waals surface area contributed by atoms with Crippen molar-refractivity contribution in [1.29, 1.82) is 0 Å². The van der Waals surface area contributed by atoms with E-state index in [9.17, 15) is 0 Å². The van der Waals surface area contributed by atoms with Crippen molar-refractivity contribution < 1.29 is 1.37 Å². The van der Waals surface area contributed by atoms with Gasteiger partial charge in [0.15, 0.2) is 0 Å². The zero-order valence-electron chi connectivity index (χ0n) is 9.75. The van der Waals surface area contributed by atoms with E-state index in [1.165, 1.54) is 0 Å². The molecule has 2 aromatic heterocycles. The van der Waals surface area contributed by atoms with Gasteiger partial charge in [-0.25, -0.2) is 4.98 Å². The molecule has 0 unspecified atom stereocenters. The molecule has 0 spiro atoms. The lowest BCUT2D eigenvalue weighted by Gasteiger charge is -1.98. The third kappa shape index (κ3) is 1.44. The fourth-order valence-electron chi connectivity index (χ4n) is 1.59. The van der Waals surface area contributed by atoms with Gasteiger partial charge in [0.25, 0.3) is 0 Å². The maximum Gasteiger partial charge on any atom is 0.0924 e. The summed E-state index contributed by atoms with van der Waals surface area (Å²) in [7, 11) is 1.86. The van der Waals surface area contributed by atoms with E-state index in [-0.39, 0.29) is 0 Å². The predicted molar refractivity (Wildman–Crippen MR) is 61.7 cm³/mol. The number of aryl methyl sites for hydroxylation is 1. The van der Waals surface area contributed by atoms with Gasteiger partial charge in [0.05, 0.1) is 30.5 Å². The molecule has 0 radical (unpaired) electrons. The summed E-state index contributed by atoms with van der Waals surface area (Å²) in [6.07, 6.45) is 5.36. The smallest absolute Gasteiger partial charge is 0.0924 e. The molecule has 0 saturated heterocycles. The monoisotopic (exact) mass is 211 g/mol. The van der Waals surface area contributed by atoms with Crippen molar-refractivity contribution >= 4 is 11.0 Å². The molecular weight excluding hydrogens is 200 g/mol. The van der Waals surface area contributed by atoms with Crippen LogP contribution in [0.3, 0.4) is 0 Å². The lowest BCUT2D eigenvalue weighted by Crippen LogP contribution is -1.87. The molecule has 16 heavy (non-hydrogen) atoms. The molecule has 0 bridgehead atoms. The number of aromatic nitrogens is 4. The Kier molecular flexibility index (Phi) is 1.70. The average molecular weight is 211 g/mol. The summed E-state index contributed by atoms with van der Waals surface area (Å²) in [4.78, 5) is 8.81. The average Bonchev–Trinajstić information content (AvgIpc) is 2.75. The number of fused-ring (bicyclic) bond motifs is 1. The fraction of sp³-hybridized carbons (Fsp3) is 0.0833. The van der Waals surface area contributed by atoms with Crippen LogP contribution in [-0.2, 0) is 7.05 Å². The summed E-state index contributed by atoms with van der Waals surface area (Å²) >= 11 is 0. The third-order valence-corrected chi connectivity index (χ3v) is 2.39. The molecule has 0 aliphatic rings. The maximum absolute atomic E-state index is 7.57. The summed E-state index contributed by atoms with van der Waals surface area (Å²) in [6, 6.07) is 5.66. The van der Waals surface area contributed by atoms with Crippen LogP contribution in [0.4, 0.5) is 0 Å². The first-order valence-corrected chi connectivity index (χ1v) is 4.95. The molecule has 0 aliphatic carbocycles. The zero-order chi connectivity index (χ0) is 11.8. The normalized spacial score (nSPS) is 11.7. The van der Waals surface area contributed by atoms with Crippen molar-refractivity contribution in [2.75, 3.05) is 0 Å². The minimum absolute atomic E-state index is 0.440. The first-order chi connectivity index (χ1) is 8.22. The van der Waals surface area contributed by atoms with E-state index in [2.05, 4.69) is 15.1 Å². The Hall–Kier alpha value is -2.23.